The molecule has 0 spiro atoms. The first-order valence-corrected chi connectivity index (χ1v) is 7.86. The molecule has 0 saturated carbocycles. The van der Waals surface area contributed by atoms with Crippen molar-refractivity contribution in [2.75, 3.05) is 13.2 Å². The lowest BCUT2D eigenvalue weighted by molar-refractivity contribution is -0.149. The molecular weight excluding hydrogens is 351 g/mol. The second kappa shape index (κ2) is 5.35. The quantitative estimate of drug-likeness (QED) is 0.827. The standard InChI is InChI=1S/C16H18BrFN2O2/c1-9-14(10(2)20(4)19-9)12-5-11(6-13(17)15(12)18)22-16(3)7-21-8-16/h5-6H,7-8H2,1-4H3. The molecule has 0 atom stereocenters. The zero-order valence-corrected chi connectivity index (χ0v) is 14.6. The average molecular weight is 369 g/mol. The highest BCUT2D eigenvalue weighted by atomic mass is 79.9. The lowest BCUT2D eigenvalue weighted by atomic mass is 10.0. The van der Waals surface area contributed by atoms with Crippen molar-refractivity contribution in [1.82, 2.24) is 9.78 Å². The maximum absolute atomic E-state index is 14.6. The van der Waals surface area contributed by atoms with Gasteiger partial charge < -0.3 is 9.47 Å². The first kappa shape index (κ1) is 15.5. The highest BCUT2D eigenvalue weighted by molar-refractivity contribution is 9.10. The molecule has 0 bridgehead atoms. The molecule has 6 heteroatoms. The van der Waals surface area contributed by atoms with E-state index in [1.54, 1.807) is 16.8 Å². The molecule has 22 heavy (non-hydrogen) atoms. The Labute approximate surface area is 137 Å². The molecule has 3 rings (SSSR count). The summed E-state index contributed by atoms with van der Waals surface area (Å²) in [6, 6.07) is 3.39. The summed E-state index contributed by atoms with van der Waals surface area (Å²) < 4.78 is 27.9. The number of ether oxygens (including phenoxy) is 2. The van der Waals surface area contributed by atoms with Crippen LogP contribution in [0.25, 0.3) is 11.1 Å². The minimum absolute atomic E-state index is 0.304. The van der Waals surface area contributed by atoms with Crippen molar-refractivity contribution in [3.8, 4) is 16.9 Å². The second-order valence-corrected chi connectivity index (χ2v) is 6.84. The molecule has 4 nitrogen and oxygen atoms in total. The lowest BCUT2D eigenvalue weighted by Crippen LogP contribution is -2.51. The van der Waals surface area contributed by atoms with Crippen LogP contribution in [0, 0.1) is 19.7 Å². The molecule has 2 aromatic rings. The Balaban J connectivity index is 2.09. The van der Waals surface area contributed by atoms with Crippen molar-refractivity contribution in [3.63, 3.8) is 0 Å². The van der Waals surface area contributed by atoms with Crippen LogP contribution in [0.1, 0.15) is 18.3 Å². The Morgan fingerprint density at radius 1 is 1.36 bits per heavy atom. The van der Waals surface area contributed by atoms with Crippen LogP contribution in [-0.4, -0.2) is 28.6 Å². The summed E-state index contributed by atoms with van der Waals surface area (Å²) in [4.78, 5) is 0. The summed E-state index contributed by atoms with van der Waals surface area (Å²) in [5.41, 5.74) is 2.67. The lowest BCUT2D eigenvalue weighted by Gasteiger charge is -2.38. The minimum Gasteiger partial charge on any atom is -0.483 e. The fourth-order valence-corrected chi connectivity index (χ4v) is 3.14. The maximum Gasteiger partial charge on any atom is 0.152 e. The zero-order valence-electron chi connectivity index (χ0n) is 13.0. The molecule has 2 heterocycles. The topological polar surface area (TPSA) is 36.3 Å². The van der Waals surface area contributed by atoms with Gasteiger partial charge in [0.05, 0.1) is 23.4 Å². The number of aromatic nitrogens is 2. The van der Waals surface area contributed by atoms with Gasteiger partial charge in [0.25, 0.3) is 0 Å². The Bertz CT molecular complexity index is 738. The van der Waals surface area contributed by atoms with Crippen molar-refractivity contribution < 1.29 is 13.9 Å². The van der Waals surface area contributed by atoms with Gasteiger partial charge in [-0.15, -0.1) is 0 Å². The van der Waals surface area contributed by atoms with E-state index in [1.807, 2.05) is 27.8 Å². The van der Waals surface area contributed by atoms with Crippen molar-refractivity contribution in [2.45, 2.75) is 26.4 Å². The predicted molar refractivity (Wildman–Crippen MR) is 85.6 cm³/mol. The van der Waals surface area contributed by atoms with Gasteiger partial charge in [-0.3, -0.25) is 4.68 Å². The van der Waals surface area contributed by atoms with Crippen molar-refractivity contribution in [2.24, 2.45) is 7.05 Å². The van der Waals surface area contributed by atoms with Gasteiger partial charge in [0, 0.05) is 23.9 Å². The molecule has 118 valence electrons. The molecule has 0 unspecified atom stereocenters. The molecule has 1 aliphatic rings. The first-order valence-electron chi connectivity index (χ1n) is 7.07. The number of hydrogen-bond donors (Lipinski definition) is 0. The van der Waals surface area contributed by atoms with Crippen molar-refractivity contribution in [3.05, 3.63) is 33.8 Å². The third kappa shape index (κ3) is 2.54. The molecular formula is C16H18BrFN2O2. The number of halogens is 2. The van der Waals surface area contributed by atoms with Crippen molar-refractivity contribution >= 4 is 15.9 Å². The van der Waals surface area contributed by atoms with Gasteiger partial charge in [0.1, 0.15) is 11.6 Å². The van der Waals surface area contributed by atoms with Crippen LogP contribution in [0.2, 0.25) is 0 Å². The number of hydrogen-bond acceptors (Lipinski definition) is 3. The summed E-state index contributed by atoms with van der Waals surface area (Å²) >= 11 is 3.28. The van der Waals surface area contributed by atoms with E-state index in [9.17, 15) is 4.39 Å². The van der Waals surface area contributed by atoms with Gasteiger partial charge in [0.2, 0.25) is 0 Å². The summed E-state index contributed by atoms with van der Waals surface area (Å²) in [5, 5.41) is 4.36. The van der Waals surface area contributed by atoms with Crippen LogP contribution in [0.3, 0.4) is 0 Å². The van der Waals surface area contributed by atoms with Crippen LogP contribution in [0.5, 0.6) is 5.75 Å². The molecule has 0 aliphatic carbocycles. The van der Waals surface area contributed by atoms with Gasteiger partial charge in [-0.1, -0.05) is 0 Å². The Kier molecular flexibility index (Phi) is 3.77. The molecule has 1 aromatic carbocycles. The maximum atomic E-state index is 14.6. The van der Waals surface area contributed by atoms with Gasteiger partial charge in [0.15, 0.2) is 5.60 Å². The molecule has 0 amide bonds. The number of nitrogens with zero attached hydrogens (tertiary/aromatic N) is 2. The van der Waals surface area contributed by atoms with E-state index >= 15 is 0 Å². The van der Waals surface area contributed by atoms with E-state index < -0.39 is 0 Å². The molecule has 1 saturated heterocycles. The predicted octanol–water partition coefficient (Wildman–Crippen LogP) is 3.77. The third-order valence-corrected chi connectivity index (χ3v) is 4.54. The van der Waals surface area contributed by atoms with E-state index in [4.69, 9.17) is 9.47 Å². The largest absolute Gasteiger partial charge is 0.483 e. The van der Waals surface area contributed by atoms with Gasteiger partial charge >= 0.3 is 0 Å². The zero-order chi connectivity index (χ0) is 16.1. The Morgan fingerprint density at radius 2 is 2.05 bits per heavy atom. The van der Waals surface area contributed by atoms with E-state index in [2.05, 4.69) is 21.0 Å². The molecule has 1 fully saturated rings. The molecule has 0 radical (unpaired) electrons. The van der Waals surface area contributed by atoms with E-state index in [1.165, 1.54) is 0 Å². The first-order chi connectivity index (χ1) is 10.3. The van der Waals surface area contributed by atoms with Crippen LogP contribution in [0.4, 0.5) is 4.39 Å². The number of benzene rings is 1. The number of rotatable bonds is 3. The third-order valence-electron chi connectivity index (χ3n) is 3.96. The van der Waals surface area contributed by atoms with E-state index in [-0.39, 0.29) is 11.4 Å². The fourth-order valence-electron chi connectivity index (χ4n) is 2.70. The summed E-state index contributed by atoms with van der Waals surface area (Å²) in [6.45, 7) is 6.88. The second-order valence-electron chi connectivity index (χ2n) is 5.98. The highest BCUT2D eigenvalue weighted by Gasteiger charge is 2.36. The minimum atomic E-state index is -0.340. The van der Waals surface area contributed by atoms with E-state index in [0.29, 0.717) is 29.0 Å². The van der Waals surface area contributed by atoms with Crippen LogP contribution in [0.15, 0.2) is 16.6 Å². The van der Waals surface area contributed by atoms with Crippen LogP contribution >= 0.6 is 15.9 Å². The SMILES string of the molecule is Cc1nn(C)c(C)c1-c1cc(OC2(C)COC2)cc(Br)c1F. The smallest absolute Gasteiger partial charge is 0.152 e. The Hall–Kier alpha value is -1.40. The Morgan fingerprint density at radius 3 is 2.55 bits per heavy atom. The fraction of sp³-hybridized carbons (Fsp3) is 0.438. The summed E-state index contributed by atoms with van der Waals surface area (Å²) in [7, 11) is 1.85. The van der Waals surface area contributed by atoms with E-state index in [0.717, 1.165) is 17.0 Å². The van der Waals surface area contributed by atoms with Gasteiger partial charge in [-0.05, 0) is 48.8 Å². The summed E-state index contributed by atoms with van der Waals surface area (Å²) in [6.07, 6.45) is 0. The van der Waals surface area contributed by atoms with Gasteiger partial charge in [-0.2, -0.15) is 5.10 Å². The molecule has 1 aromatic heterocycles. The summed E-state index contributed by atoms with van der Waals surface area (Å²) in [5.74, 6) is 0.318. The monoisotopic (exact) mass is 368 g/mol. The number of aryl methyl sites for hydroxylation is 2. The normalized spacial score (nSPS) is 16.5. The van der Waals surface area contributed by atoms with Crippen molar-refractivity contribution in [1.29, 1.82) is 0 Å². The van der Waals surface area contributed by atoms with Crippen LogP contribution in [-0.2, 0) is 11.8 Å². The molecule has 0 N–H and O–H groups in total. The average Bonchev–Trinajstić information content (AvgIpc) is 2.66. The van der Waals surface area contributed by atoms with Crippen LogP contribution < -0.4 is 4.74 Å². The molecule has 1 aliphatic heterocycles. The van der Waals surface area contributed by atoms with Gasteiger partial charge in [-0.25, -0.2) is 4.39 Å². The highest BCUT2D eigenvalue weighted by Crippen LogP contribution is 2.37.